The largest absolute Gasteiger partial charge is 0.491 e. The van der Waals surface area contributed by atoms with Gasteiger partial charge in [-0.25, -0.2) is 18.2 Å². The minimum absolute atomic E-state index is 0.0259. The van der Waals surface area contributed by atoms with Crippen molar-refractivity contribution in [3.63, 3.8) is 0 Å². The minimum atomic E-state index is -4.85. The molecule has 2 aliphatic carbocycles. The molecule has 6 rings (SSSR count). The van der Waals surface area contributed by atoms with Gasteiger partial charge in [0, 0.05) is 23.9 Å². The number of benzene rings is 1. The topological polar surface area (TPSA) is 182 Å². The van der Waals surface area contributed by atoms with Gasteiger partial charge in [0.15, 0.2) is 6.10 Å². The summed E-state index contributed by atoms with van der Waals surface area (Å²) in [5, 5.41) is 5.82. The van der Waals surface area contributed by atoms with E-state index in [1.807, 2.05) is 32.9 Å². The van der Waals surface area contributed by atoms with Gasteiger partial charge in [0.05, 0.1) is 17.9 Å². The Hall–Kier alpha value is -4.61. The van der Waals surface area contributed by atoms with Crippen LogP contribution in [0, 0.1) is 17.8 Å². The lowest BCUT2D eigenvalue weighted by Gasteiger charge is -2.33. The molecule has 2 aliphatic heterocycles. The van der Waals surface area contributed by atoms with Crippen LogP contribution in [0.3, 0.4) is 0 Å². The third-order valence-corrected chi connectivity index (χ3v) is 12.8. The van der Waals surface area contributed by atoms with E-state index in [4.69, 9.17) is 9.47 Å². The molecule has 4 aliphatic rings. The van der Waals surface area contributed by atoms with Gasteiger partial charge < -0.3 is 29.7 Å². The predicted octanol–water partition coefficient (Wildman–Crippen LogP) is 4.91. The quantitative estimate of drug-likeness (QED) is 0.294. The van der Waals surface area contributed by atoms with Crippen molar-refractivity contribution in [2.75, 3.05) is 6.54 Å². The number of fused-ring (bicyclic) bond motifs is 3. The van der Waals surface area contributed by atoms with Gasteiger partial charge in [0.1, 0.15) is 29.5 Å². The van der Waals surface area contributed by atoms with Gasteiger partial charge in [-0.2, -0.15) is 13.2 Å². The molecule has 0 bridgehead atoms. The Labute approximate surface area is 329 Å². The van der Waals surface area contributed by atoms with E-state index in [-0.39, 0.29) is 37.3 Å². The molecule has 0 spiro atoms. The van der Waals surface area contributed by atoms with Crippen LogP contribution in [0.2, 0.25) is 0 Å². The molecule has 312 valence electrons. The highest BCUT2D eigenvalue weighted by atomic mass is 32.2. The van der Waals surface area contributed by atoms with E-state index >= 15 is 0 Å². The number of halogens is 3. The molecule has 3 N–H and O–H groups in total. The Bertz CT molecular complexity index is 2010. The van der Waals surface area contributed by atoms with Crippen LogP contribution in [0.15, 0.2) is 42.6 Å². The highest BCUT2D eigenvalue weighted by Crippen LogP contribution is 2.46. The molecule has 0 unspecified atom stereocenters. The number of rotatable bonds is 9. The Balaban J connectivity index is 1.33. The Morgan fingerprint density at radius 1 is 1.07 bits per heavy atom. The summed E-state index contributed by atoms with van der Waals surface area (Å²) in [6.07, 6.45) is -2.10. The smallest absolute Gasteiger partial charge is 0.425 e. The van der Waals surface area contributed by atoms with Gasteiger partial charge in [-0.1, -0.05) is 26.0 Å². The first-order valence-electron chi connectivity index (χ1n) is 19.4. The number of nitrogens with zero attached hydrogens (tertiary/aromatic N) is 2. The van der Waals surface area contributed by atoms with E-state index in [0.29, 0.717) is 50.2 Å². The van der Waals surface area contributed by atoms with Crippen LogP contribution in [0.5, 0.6) is 11.6 Å². The number of allylic oxidation sites excluding steroid dienone is 1. The molecular formula is C39H50F3N5O9S. The fraction of sp³-hybridized carbons (Fsp3) is 0.615. The standard InChI is InChI=1S/C39H50F3N5O9S/c1-21(2)54-27-10-13-30-25(17-27)14-15-43-34(30)56-28-18-31-33(48)45-38(36(50)46-57(52,53)29-11-12-29)19-26(38)9-7-6-8-22(3)16-23(4)32(35(49)47(31)20-28)44-37(51)55-24(5)39(40,41)42/h7,9-10,13-15,17,21-24,26,28-29,31-32H,6,8,11-12,16,18-20H2,1-5H3,(H,44,51)(H,45,48)(H,46,50)/b9-7-/t22-,23+,24+,26+,28+,31-,32-,38+/m0/s1. The summed E-state index contributed by atoms with van der Waals surface area (Å²) in [5.74, 6) is -2.76. The van der Waals surface area contributed by atoms with Crippen molar-refractivity contribution in [3.8, 4) is 11.6 Å². The summed E-state index contributed by atoms with van der Waals surface area (Å²) in [6.45, 7) is 7.90. The first kappa shape index (κ1) is 42.0. The second kappa shape index (κ2) is 16.3. The fourth-order valence-corrected chi connectivity index (χ4v) is 8.98. The molecule has 1 aromatic heterocycles. The summed E-state index contributed by atoms with van der Waals surface area (Å²) in [5.41, 5.74) is -1.62. The van der Waals surface area contributed by atoms with Crippen LogP contribution in [0.25, 0.3) is 10.8 Å². The number of alkyl halides is 3. The van der Waals surface area contributed by atoms with Crippen molar-refractivity contribution in [2.45, 2.75) is 127 Å². The monoisotopic (exact) mass is 821 g/mol. The third-order valence-electron chi connectivity index (χ3n) is 11.0. The van der Waals surface area contributed by atoms with Crippen molar-refractivity contribution in [2.24, 2.45) is 17.8 Å². The van der Waals surface area contributed by atoms with E-state index in [1.165, 1.54) is 11.1 Å². The van der Waals surface area contributed by atoms with E-state index in [9.17, 15) is 40.8 Å². The maximum atomic E-state index is 14.7. The Morgan fingerprint density at radius 2 is 1.81 bits per heavy atom. The molecule has 3 fully saturated rings. The average molecular weight is 822 g/mol. The van der Waals surface area contributed by atoms with Crippen molar-refractivity contribution in [1.29, 1.82) is 0 Å². The van der Waals surface area contributed by atoms with E-state index in [1.54, 1.807) is 31.2 Å². The molecule has 14 nitrogen and oxygen atoms in total. The summed E-state index contributed by atoms with van der Waals surface area (Å²) in [4.78, 5) is 61.4. The number of ether oxygens (including phenoxy) is 3. The molecule has 57 heavy (non-hydrogen) atoms. The van der Waals surface area contributed by atoms with E-state index in [0.717, 1.165) is 5.39 Å². The van der Waals surface area contributed by atoms with E-state index < -0.39 is 86.9 Å². The first-order chi connectivity index (χ1) is 26.8. The van der Waals surface area contributed by atoms with Crippen LogP contribution >= 0.6 is 0 Å². The van der Waals surface area contributed by atoms with Gasteiger partial charge >= 0.3 is 12.3 Å². The van der Waals surface area contributed by atoms with Crippen LogP contribution in [0.4, 0.5) is 18.0 Å². The molecule has 1 saturated heterocycles. The van der Waals surface area contributed by atoms with Crippen LogP contribution in [-0.2, 0) is 29.1 Å². The zero-order valence-electron chi connectivity index (χ0n) is 32.5. The number of alkyl carbamates (subject to hydrolysis) is 1. The molecular weight excluding hydrogens is 772 g/mol. The molecule has 8 atom stereocenters. The lowest BCUT2D eigenvalue weighted by molar-refractivity contribution is -0.197. The SMILES string of the molecule is CC(C)Oc1ccc2c(O[C@@H]3C[C@H]4C(=O)N[C@]5(C(=O)NS(=O)(=O)C6CC6)C[C@H]5/C=C\CC[C@H](C)C[C@@H](C)[C@H](NC(=O)O[C@H](C)C(F)(F)F)C(=O)N4C3)nccc2c1. The van der Waals surface area contributed by atoms with Crippen molar-refractivity contribution < 1.29 is 55.0 Å². The minimum Gasteiger partial charge on any atom is -0.491 e. The Kier molecular flexibility index (Phi) is 12.0. The summed E-state index contributed by atoms with van der Waals surface area (Å²) in [7, 11) is -3.97. The number of hydrogen-bond acceptors (Lipinski definition) is 10. The summed E-state index contributed by atoms with van der Waals surface area (Å²) in [6, 6.07) is 4.42. The van der Waals surface area contributed by atoms with E-state index in [2.05, 4.69) is 25.1 Å². The fourth-order valence-electron chi connectivity index (χ4n) is 7.61. The highest BCUT2D eigenvalue weighted by molar-refractivity contribution is 7.91. The molecule has 3 heterocycles. The van der Waals surface area contributed by atoms with Gasteiger partial charge in [-0.05, 0) is 101 Å². The lowest BCUT2D eigenvalue weighted by atomic mass is 9.88. The number of amides is 4. The number of sulfonamides is 1. The van der Waals surface area contributed by atoms with Gasteiger partial charge in [0.25, 0.3) is 5.91 Å². The number of hydrogen-bond donors (Lipinski definition) is 3. The molecule has 1 aromatic carbocycles. The maximum absolute atomic E-state index is 14.7. The Morgan fingerprint density at radius 3 is 2.49 bits per heavy atom. The zero-order chi connectivity index (χ0) is 41.4. The first-order valence-corrected chi connectivity index (χ1v) is 20.9. The van der Waals surface area contributed by atoms with Gasteiger partial charge in [-0.15, -0.1) is 0 Å². The number of carbonyl (C=O) groups is 4. The number of nitrogens with one attached hydrogen (secondary N) is 3. The number of pyridine rings is 1. The molecule has 2 aromatic rings. The van der Waals surface area contributed by atoms with Crippen molar-refractivity contribution >= 4 is 44.6 Å². The van der Waals surface area contributed by atoms with Gasteiger partial charge in [0.2, 0.25) is 27.7 Å². The predicted molar refractivity (Wildman–Crippen MR) is 201 cm³/mol. The summed E-state index contributed by atoms with van der Waals surface area (Å²) >= 11 is 0. The highest BCUT2D eigenvalue weighted by Gasteiger charge is 2.62. The number of carbonyl (C=O) groups excluding carboxylic acids is 4. The number of aromatic nitrogens is 1. The second-order valence-electron chi connectivity index (χ2n) is 16.1. The third kappa shape index (κ3) is 9.75. The maximum Gasteiger partial charge on any atom is 0.425 e. The molecule has 18 heteroatoms. The normalized spacial score (nSPS) is 29.5. The van der Waals surface area contributed by atoms with Crippen LogP contribution in [-0.4, -0.2) is 96.0 Å². The van der Waals surface area contributed by atoms with Crippen LogP contribution in [0.1, 0.15) is 79.6 Å². The van der Waals surface area contributed by atoms with Gasteiger partial charge in [-0.3, -0.25) is 19.1 Å². The van der Waals surface area contributed by atoms with Crippen LogP contribution < -0.4 is 24.8 Å². The average Bonchev–Trinajstić information content (AvgIpc) is 4.05. The summed E-state index contributed by atoms with van der Waals surface area (Å²) < 4.78 is 84.7. The van der Waals surface area contributed by atoms with Crippen molar-refractivity contribution in [1.82, 2.24) is 25.2 Å². The second-order valence-corrected chi connectivity index (χ2v) is 18.1. The molecule has 0 radical (unpaired) electrons. The molecule has 2 saturated carbocycles. The lowest BCUT2D eigenvalue weighted by Crippen LogP contribution is -2.59. The zero-order valence-corrected chi connectivity index (χ0v) is 33.3. The molecule has 4 amide bonds. The van der Waals surface area contributed by atoms with Crippen molar-refractivity contribution in [3.05, 3.63) is 42.6 Å².